The van der Waals surface area contributed by atoms with Crippen LogP contribution in [-0.2, 0) is 17.9 Å². The van der Waals surface area contributed by atoms with Crippen molar-refractivity contribution in [2.24, 2.45) is 0 Å². The van der Waals surface area contributed by atoms with Gasteiger partial charge in [-0.05, 0) is 25.5 Å². The molecule has 2 rings (SSSR count). The summed E-state index contributed by atoms with van der Waals surface area (Å²) in [4.78, 5) is 13.9. The first-order valence-electron chi connectivity index (χ1n) is 7.55. The summed E-state index contributed by atoms with van der Waals surface area (Å²) in [6, 6.07) is 10.3. The Hall–Kier alpha value is -2.14. The first-order chi connectivity index (χ1) is 10.5. The van der Waals surface area contributed by atoms with Crippen molar-refractivity contribution >= 4 is 5.91 Å². The molecule has 5 nitrogen and oxygen atoms in total. The maximum Gasteiger partial charge on any atom is 0.236 e. The number of carbonyl (C=O) groups is 1. The highest BCUT2D eigenvalue weighted by atomic mass is 16.2. The van der Waals surface area contributed by atoms with Crippen molar-refractivity contribution < 1.29 is 4.79 Å². The minimum Gasteiger partial charge on any atom is -0.340 e. The van der Waals surface area contributed by atoms with Crippen molar-refractivity contribution in [2.75, 3.05) is 13.6 Å². The van der Waals surface area contributed by atoms with Crippen LogP contribution in [0.1, 0.15) is 18.1 Å². The molecule has 22 heavy (non-hydrogen) atoms. The maximum absolute atomic E-state index is 12.2. The Morgan fingerprint density at radius 2 is 2.09 bits per heavy atom. The molecule has 0 unspecified atom stereocenters. The molecule has 118 valence electrons. The average Bonchev–Trinajstić information content (AvgIpc) is 3.00. The van der Waals surface area contributed by atoms with Gasteiger partial charge in [-0.15, -0.1) is 0 Å². The van der Waals surface area contributed by atoms with E-state index in [2.05, 4.69) is 48.5 Å². The molecule has 1 aromatic heterocycles. The topological polar surface area (TPSA) is 50.2 Å². The minimum absolute atomic E-state index is 0.0906. The van der Waals surface area contributed by atoms with Crippen LogP contribution in [0.2, 0.25) is 0 Å². The van der Waals surface area contributed by atoms with Crippen LogP contribution in [0, 0.1) is 6.92 Å². The molecule has 0 saturated heterocycles. The van der Waals surface area contributed by atoms with Gasteiger partial charge >= 0.3 is 0 Å². The third-order valence-corrected chi connectivity index (χ3v) is 3.59. The molecule has 0 saturated carbocycles. The molecule has 0 aliphatic heterocycles. The lowest BCUT2D eigenvalue weighted by Gasteiger charge is -2.20. The van der Waals surface area contributed by atoms with Gasteiger partial charge in [0, 0.05) is 32.0 Å². The van der Waals surface area contributed by atoms with Crippen LogP contribution in [0.15, 0.2) is 42.7 Å². The fraction of sp³-hybridized carbons (Fsp3) is 0.412. The lowest BCUT2D eigenvalue weighted by atomic mass is 10.1. The van der Waals surface area contributed by atoms with Crippen LogP contribution in [0.3, 0.4) is 0 Å². The van der Waals surface area contributed by atoms with E-state index in [4.69, 9.17) is 0 Å². The van der Waals surface area contributed by atoms with E-state index in [1.165, 1.54) is 5.56 Å². The van der Waals surface area contributed by atoms with E-state index < -0.39 is 0 Å². The van der Waals surface area contributed by atoms with Crippen molar-refractivity contribution in [3.63, 3.8) is 0 Å². The highest BCUT2D eigenvalue weighted by Gasteiger charge is 2.11. The molecule has 0 fully saturated rings. The summed E-state index contributed by atoms with van der Waals surface area (Å²) in [5, 5.41) is 7.41. The Morgan fingerprint density at radius 3 is 2.73 bits per heavy atom. The van der Waals surface area contributed by atoms with Gasteiger partial charge < -0.3 is 10.2 Å². The molecule has 1 amide bonds. The third kappa shape index (κ3) is 5.00. The number of aryl methyl sites for hydroxylation is 1. The van der Waals surface area contributed by atoms with Gasteiger partial charge in [-0.1, -0.05) is 29.8 Å². The van der Waals surface area contributed by atoms with E-state index in [1.807, 2.05) is 24.0 Å². The molecule has 0 aliphatic rings. The van der Waals surface area contributed by atoms with Crippen LogP contribution < -0.4 is 5.32 Å². The van der Waals surface area contributed by atoms with Gasteiger partial charge in [-0.2, -0.15) is 5.10 Å². The molecule has 1 atom stereocenters. The third-order valence-electron chi connectivity index (χ3n) is 3.59. The Kier molecular flexibility index (Phi) is 5.72. The Labute approximate surface area is 131 Å². The first-order valence-corrected chi connectivity index (χ1v) is 7.55. The summed E-state index contributed by atoms with van der Waals surface area (Å²) in [7, 11) is 1.84. The smallest absolute Gasteiger partial charge is 0.236 e. The molecule has 1 N–H and O–H groups in total. The molecular weight excluding hydrogens is 276 g/mol. The quantitative estimate of drug-likeness (QED) is 0.848. The lowest BCUT2D eigenvalue weighted by Crippen LogP contribution is -2.40. The molecule has 0 aliphatic carbocycles. The van der Waals surface area contributed by atoms with Gasteiger partial charge in [0.2, 0.25) is 5.91 Å². The number of rotatable bonds is 7. The number of benzene rings is 1. The molecule has 0 spiro atoms. The van der Waals surface area contributed by atoms with E-state index in [0.29, 0.717) is 13.1 Å². The monoisotopic (exact) mass is 300 g/mol. The van der Waals surface area contributed by atoms with Crippen LogP contribution in [0.4, 0.5) is 0 Å². The zero-order chi connectivity index (χ0) is 15.9. The SMILES string of the molecule is Cc1ccc(CN(C)C(=O)CN[C@H](C)Cn2cccn2)cc1. The zero-order valence-corrected chi connectivity index (χ0v) is 13.5. The highest BCUT2D eigenvalue weighted by Crippen LogP contribution is 2.05. The number of likely N-dealkylation sites (N-methyl/N-ethyl adjacent to an activating group) is 1. The summed E-state index contributed by atoms with van der Waals surface area (Å²) in [6.45, 7) is 5.83. The molecular formula is C17H24N4O. The summed E-state index contributed by atoms with van der Waals surface area (Å²) < 4.78 is 1.86. The van der Waals surface area contributed by atoms with Crippen molar-refractivity contribution in [3.05, 3.63) is 53.9 Å². The van der Waals surface area contributed by atoms with Gasteiger partial charge in [-0.25, -0.2) is 0 Å². The van der Waals surface area contributed by atoms with Gasteiger partial charge in [0.15, 0.2) is 0 Å². The molecule has 1 aromatic carbocycles. The molecule has 0 radical (unpaired) electrons. The van der Waals surface area contributed by atoms with Gasteiger partial charge in [0.05, 0.1) is 13.1 Å². The summed E-state index contributed by atoms with van der Waals surface area (Å²) in [5.74, 6) is 0.0906. The Balaban J connectivity index is 1.75. The average molecular weight is 300 g/mol. The predicted octanol–water partition coefficient (Wildman–Crippen LogP) is 1.83. The number of carbonyl (C=O) groups excluding carboxylic acids is 1. The fourth-order valence-corrected chi connectivity index (χ4v) is 2.21. The van der Waals surface area contributed by atoms with Crippen LogP contribution >= 0.6 is 0 Å². The number of nitrogens with zero attached hydrogens (tertiary/aromatic N) is 3. The van der Waals surface area contributed by atoms with Crippen molar-refractivity contribution in [1.82, 2.24) is 20.0 Å². The lowest BCUT2D eigenvalue weighted by molar-refractivity contribution is -0.129. The zero-order valence-electron chi connectivity index (χ0n) is 13.5. The van der Waals surface area contributed by atoms with Gasteiger partial charge in [0.25, 0.3) is 0 Å². The van der Waals surface area contributed by atoms with Crippen LogP contribution in [-0.4, -0.2) is 40.2 Å². The predicted molar refractivity (Wildman–Crippen MR) is 87.3 cm³/mol. The summed E-state index contributed by atoms with van der Waals surface area (Å²) in [5.41, 5.74) is 2.37. The van der Waals surface area contributed by atoms with Crippen molar-refractivity contribution in [2.45, 2.75) is 33.0 Å². The van der Waals surface area contributed by atoms with E-state index in [0.717, 1.165) is 12.1 Å². The highest BCUT2D eigenvalue weighted by molar-refractivity contribution is 5.78. The Morgan fingerprint density at radius 1 is 1.36 bits per heavy atom. The van der Waals surface area contributed by atoms with Gasteiger partial charge in [-0.3, -0.25) is 9.48 Å². The normalized spacial score (nSPS) is 12.1. The Bertz CT molecular complexity index is 577. The first kappa shape index (κ1) is 16.2. The number of hydrogen-bond acceptors (Lipinski definition) is 3. The number of aromatic nitrogens is 2. The molecule has 5 heteroatoms. The number of amides is 1. The largest absolute Gasteiger partial charge is 0.340 e. The summed E-state index contributed by atoms with van der Waals surface area (Å²) >= 11 is 0. The van der Waals surface area contributed by atoms with Crippen LogP contribution in [0.25, 0.3) is 0 Å². The maximum atomic E-state index is 12.2. The summed E-state index contributed by atoms with van der Waals surface area (Å²) in [6.07, 6.45) is 3.68. The second-order valence-electron chi connectivity index (χ2n) is 5.75. The molecule has 2 aromatic rings. The fourth-order valence-electron chi connectivity index (χ4n) is 2.21. The van der Waals surface area contributed by atoms with Gasteiger partial charge in [0.1, 0.15) is 0 Å². The van der Waals surface area contributed by atoms with Crippen LogP contribution in [0.5, 0.6) is 0 Å². The van der Waals surface area contributed by atoms with E-state index in [9.17, 15) is 4.79 Å². The van der Waals surface area contributed by atoms with E-state index in [1.54, 1.807) is 11.1 Å². The number of nitrogens with one attached hydrogen (secondary N) is 1. The van der Waals surface area contributed by atoms with Crippen molar-refractivity contribution in [1.29, 1.82) is 0 Å². The standard InChI is InChI=1S/C17H24N4O/c1-14-5-7-16(8-6-14)13-20(3)17(22)11-18-15(2)12-21-10-4-9-19-21/h4-10,15,18H,11-13H2,1-3H3/t15-/m1/s1. The van der Waals surface area contributed by atoms with E-state index in [-0.39, 0.29) is 11.9 Å². The molecule has 1 heterocycles. The second-order valence-corrected chi connectivity index (χ2v) is 5.75. The minimum atomic E-state index is 0.0906. The second kappa shape index (κ2) is 7.75. The van der Waals surface area contributed by atoms with Crippen molar-refractivity contribution in [3.8, 4) is 0 Å². The van der Waals surface area contributed by atoms with E-state index >= 15 is 0 Å². The molecule has 0 bridgehead atoms. The number of hydrogen-bond donors (Lipinski definition) is 1.